The molecule has 1 N–H and O–H groups in total. The van der Waals surface area contributed by atoms with Crippen LogP contribution < -0.4 is 5.32 Å². The van der Waals surface area contributed by atoms with Crippen LogP contribution in [-0.4, -0.2) is 29.8 Å². The molecule has 2 amide bonds. The SMILES string of the molecule is Cc1c(Cl)cccc1NC(=O)C1CC1C(=O)N1CCC(C)CC1. The number of likely N-dealkylation sites (tertiary alicyclic amines) is 1. The summed E-state index contributed by atoms with van der Waals surface area (Å²) in [5.41, 5.74) is 1.59. The Balaban J connectivity index is 1.56. The monoisotopic (exact) mass is 334 g/mol. The molecule has 0 bridgehead atoms. The Morgan fingerprint density at radius 1 is 1.22 bits per heavy atom. The van der Waals surface area contributed by atoms with E-state index < -0.39 is 0 Å². The standard InChI is InChI=1S/C18H23ClN2O2/c1-11-6-8-21(9-7-11)18(23)14-10-13(14)17(22)20-16-5-3-4-15(19)12(16)2/h3-5,11,13-14H,6-10H2,1-2H3,(H,20,22). The minimum absolute atomic E-state index is 0.0703. The van der Waals surface area contributed by atoms with Crippen LogP contribution in [0.2, 0.25) is 5.02 Å². The highest BCUT2D eigenvalue weighted by molar-refractivity contribution is 6.31. The molecule has 2 atom stereocenters. The van der Waals surface area contributed by atoms with Gasteiger partial charge in [-0.15, -0.1) is 0 Å². The first-order chi connectivity index (χ1) is 11.0. The van der Waals surface area contributed by atoms with Crippen LogP contribution >= 0.6 is 11.6 Å². The molecule has 1 aromatic rings. The van der Waals surface area contributed by atoms with Gasteiger partial charge in [-0.05, 0) is 49.8 Å². The second-order valence-electron chi connectivity index (χ2n) is 6.86. The summed E-state index contributed by atoms with van der Waals surface area (Å²) in [6.07, 6.45) is 2.80. The van der Waals surface area contributed by atoms with E-state index in [-0.39, 0.29) is 23.7 Å². The fourth-order valence-corrected chi connectivity index (χ4v) is 3.36. The fraction of sp³-hybridized carbons (Fsp3) is 0.556. The molecule has 1 aliphatic heterocycles. The lowest BCUT2D eigenvalue weighted by Crippen LogP contribution is -2.39. The maximum Gasteiger partial charge on any atom is 0.228 e. The van der Waals surface area contributed by atoms with Gasteiger partial charge in [0, 0.05) is 23.8 Å². The van der Waals surface area contributed by atoms with Gasteiger partial charge in [0.15, 0.2) is 0 Å². The second-order valence-corrected chi connectivity index (χ2v) is 7.27. The first-order valence-corrected chi connectivity index (χ1v) is 8.70. The van der Waals surface area contributed by atoms with Crippen molar-refractivity contribution in [3.05, 3.63) is 28.8 Å². The van der Waals surface area contributed by atoms with Crippen molar-refractivity contribution in [3.8, 4) is 0 Å². The van der Waals surface area contributed by atoms with Crippen LogP contribution in [0, 0.1) is 24.7 Å². The zero-order valence-corrected chi connectivity index (χ0v) is 14.4. The maximum atomic E-state index is 12.5. The smallest absolute Gasteiger partial charge is 0.228 e. The van der Waals surface area contributed by atoms with E-state index in [1.807, 2.05) is 24.0 Å². The van der Waals surface area contributed by atoms with E-state index in [0.29, 0.717) is 17.4 Å². The van der Waals surface area contributed by atoms with E-state index >= 15 is 0 Å². The van der Waals surface area contributed by atoms with E-state index in [0.717, 1.165) is 37.2 Å². The van der Waals surface area contributed by atoms with Crippen molar-refractivity contribution < 1.29 is 9.59 Å². The van der Waals surface area contributed by atoms with Crippen LogP contribution in [-0.2, 0) is 9.59 Å². The number of piperidine rings is 1. The van der Waals surface area contributed by atoms with E-state index in [2.05, 4.69) is 12.2 Å². The lowest BCUT2D eigenvalue weighted by atomic mass is 9.99. The first kappa shape index (κ1) is 16.3. The molecule has 0 aromatic heterocycles. The minimum atomic E-state index is -0.194. The van der Waals surface area contributed by atoms with Crippen molar-refractivity contribution in [2.45, 2.75) is 33.1 Å². The summed E-state index contributed by atoms with van der Waals surface area (Å²) in [5, 5.41) is 3.55. The summed E-state index contributed by atoms with van der Waals surface area (Å²) in [4.78, 5) is 26.8. The first-order valence-electron chi connectivity index (χ1n) is 8.32. The number of halogens is 1. The highest BCUT2D eigenvalue weighted by Crippen LogP contribution is 2.41. The van der Waals surface area contributed by atoms with Gasteiger partial charge in [0.25, 0.3) is 0 Å². The van der Waals surface area contributed by atoms with Crippen molar-refractivity contribution in [1.82, 2.24) is 4.90 Å². The second kappa shape index (κ2) is 6.52. The Labute approximate surface area is 142 Å². The van der Waals surface area contributed by atoms with Gasteiger partial charge in [-0.3, -0.25) is 9.59 Å². The van der Waals surface area contributed by atoms with Crippen molar-refractivity contribution in [1.29, 1.82) is 0 Å². The summed E-state index contributed by atoms with van der Waals surface area (Å²) in [6.45, 7) is 5.77. The molecule has 124 valence electrons. The number of nitrogens with zero attached hydrogens (tertiary/aromatic N) is 1. The third-order valence-electron chi connectivity index (χ3n) is 5.07. The molecular formula is C18H23ClN2O2. The molecule has 2 unspecified atom stereocenters. The van der Waals surface area contributed by atoms with E-state index in [9.17, 15) is 9.59 Å². The average Bonchev–Trinajstić information content (AvgIpc) is 3.32. The molecule has 3 rings (SSSR count). The Kier molecular flexibility index (Phi) is 4.62. The van der Waals surface area contributed by atoms with Crippen molar-refractivity contribution in [2.75, 3.05) is 18.4 Å². The molecule has 2 aliphatic rings. The van der Waals surface area contributed by atoms with E-state index in [1.165, 1.54) is 0 Å². The number of hydrogen-bond acceptors (Lipinski definition) is 2. The summed E-state index contributed by atoms with van der Waals surface area (Å²) in [5.74, 6) is 0.449. The summed E-state index contributed by atoms with van der Waals surface area (Å²) < 4.78 is 0. The van der Waals surface area contributed by atoms with Gasteiger partial charge in [-0.1, -0.05) is 24.6 Å². The Morgan fingerprint density at radius 3 is 2.61 bits per heavy atom. The van der Waals surface area contributed by atoms with Gasteiger partial charge in [-0.25, -0.2) is 0 Å². The molecule has 0 spiro atoms. The van der Waals surface area contributed by atoms with E-state index in [1.54, 1.807) is 6.07 Å². The molecule has 1 aromatic carbocycles. The fourth-order valence-electron chi connectivity index (χ4n) is 3.19. The molecule has 2 fully saturated rings. The van der Waals surface area contributed by atoms with Crippen molar-refractivity contribution in [2.24, 2.45) is 17.8 Å². The molecule has 5 heteroatoms. The zero-order chi connectivity index (χ0) is 16.6. The van der Waals surface area contributed by atoms with Crippen LogP contribution in [0.25, 0.3) is 0 Å². The van der Waals surface area contributed by atoms with Gasteiger partial charge in [-0.2, -0.15) is 0 Å². The number of rotatable bonds is 3. The van der Waals surface area contributed by atoms with Crippen molar-refractivity contribution >= 4 is 29.1 Å². The van der Waals surface area contributed by atoms with Crippen LogP contribution in [0.4, 0.5) is 5.69 Å². The Hall–Kier alpha value is -1.55. The third-order valence-corrected chi connectivity index (χ3v) is 5.47. The normalized spacial score (nSPS) is 24.4. The lowest BCUT2D eigenvalue weighted by molar-refractivity contribution is -0.135. The largest absolute Gasteiger partial charge is 0.342 e. The topological polar surface area (TPSA) is 49.4 Å². The Morgan fingerprint density at radius 2 is 1.91 bits per heavy atom. The number of carbonyl (C=O) groups excluding carboxylic acids is 2. The number of nitrogens with one attached hydrogen (secondary N) is 1. The van der Waals surface area contributed by atoms with E-state index in [4.69, 9.17) is 11.6 Å². The van der Waals surface area contributed by atoms with Crippen LogP contribution in [0.5, 0.6) is 0 Å². The molecule has 23 heavy (non-hydrogen) atoms. The zero-order valence-electron chi connectivity index (χ0n) is 13.6. The number of amides is 2. The third kappa shape index (κ3) is 3.52. The minimum Gasteiger partial charge on any atom is -0.342 e. The number of anilines is 1. The van der Waals surface area contributed by atoms with Gasteiger partial charge < -0.3 is 10.2 Å². The number of hydrogen-bond donors (Lipinski definition) is 1. The molecular weight excluding hydrogens is 312 g/mol. The summed E-state index contributed by atoms with van der Waals surface area (Å²) in [6, 6.07) is 5.45. The predicted molar refractivity (Wildman–Crippen MR) is 91.4 cm³/mol. The lowest BCUT2D eigenvalue weighted by Gasteiger charge is -2.30. The molecule has 1 saturated carbocycles. The number of carbonyl (C=O) groups is 2. The van der Waals surface area contributed by atoms with Gasteiger partial charge in [0.1, 0.15) is 0 Å². The quantitative estimate of drug-likeness (QED) is 0.920. The van der Waals surface area contributed by atoms with Gasteiger partial charge >= 0.3 is 0 Å². The average molecular weight is 335 g/mol. The summed E-state index contributed by atoms with van der Waals surface area (Å²) >= 11 is 6.07. The van der Waals surface area contributed by atoms with Crippen LogP contribution in [0.3, 0.4) is 0 Å². The van der Waals surface area contributed by atoms with Gasteiger partial charge in [0.05, 0.1) is 11.8 Å². The predicted octanol–water partition coefficient (Wildman–Crippen LogP) is 3.48. The molecule has 4 nitrogen and oxygen atoms in total. The molecule has 0 radical (unpaired) electrons. The number of benzene rings is 1. The maximum absolute atomic E-state index is 12.5. The van der Waals surface area contributed by atoms with Crippen LogP contribution in [0.1, 0.15) is 31.7 Å². The highest BCUT2D eigenvalue weighted by Gasteiger charge is 2.49. The van der Waals surface area contributed by atoms with Crippen LogP contribution in [0.15, 0.2) is 18.2 Å². The molecule has 1 heterocycles. The molecule has 1 saturated heterocycles. The molecule has 1 aliphatic carbocycles. The van der Waals surface area contributed by atoms with Gasteiger partial charge in [0.2, 0.25) is 11.8 Å². The Bertz CT molecular complexity index is 623. The summed E-state index contributed by atoms with van der Waals surface area (Å²) in [7, 11) is 0. The van der Waals surface area contributed by atoms with Crippen molar-refractivity contribution in [3.63, 3.8) is 0 Å². The highest BCUT2D eigenvalue weighted by atomic mass is 35.5.